The highest BCUT2D eigenvalue weighted by Gasteiger charge is 2.29. The van der Waals surface area contributed by atoms with Gasteiger partial charge in [-0.3, -0.25) is 14.6 Å². The molecule has 0 aromatic heterocycles. The molecule has 1 heterocycles. The van der Waals surface area contributed by atoms with E-state index in [-0.39, 0.29) is 11.9 Å². The largest absolute Gasteiger partial charge is 0.383 e. The average molecular weight is 255 g/mol. The second kappa shape index (κ2) is 6.50. The standard InChI is InChI=1S/C13H25N3O2/c1-11(13(17)14-12-3-4-12)16-7-5-15(6-8-16)9-10-18-2/h11-12H,3-10H2,1-2H3,(H,14,17). The van der Waals surface area contributed by atoms with E-state index in [0.717, 1.165) is 52.2 Å². The van der Waals surface area contributed by atoms with Gasteiger partial charge < -0.3 is 10.1 Å². The zero-order chi connectivity index (χ0) is 13.0. The molecule has 5 nitrogen and oxygen atoms in total. The minimum absolute atomic E-state index is 0.00942. The normalized spacial score (nSPS) is 23.9. The Balaban J connectivity index is 1.69. The molecule has 1 aliphatic heterocycles. The van der Waals surface area contributed by atoms with Crippen LogP contribution < -0.4 is 5.32 Å². The van der Waals surface area contributed by atoms with Gasteiger partial charge in [-0.25, -0.2) is 0 Å². The molecule has 104 valence electrons. The number of piperazine rings is 1. The molecule has 18 heavy (non-hydrogen) atoms. The monoisotopic (exact) mass is 255 g/mol. The lowest BCUT2D eigenvalue weighted by Gasteiger charge is -2.37. The lowest BCUT2D eigenvalue weighted by Crippen LogP contribution is -2.54. The van der Waals surface area contributed by atoms with E-state index in [1.54, 1.807) is 7.11 Å². The summed E-state index contributed by atoms with van der Waals surface area (Å²) in [6, 6.07) is 0.470. The number of hydrogen-bond acceptors (Lipinski definition) is 4. The van der Waals surface area contributed by atoms with Crippen molar-refractivity contribution in [2.24, 2.45) is 0 Å². The van der Waals surface area contributed by atoms with Crippen LogP contribution in [0.5, 0.6) is 0 Å². The highest BCUT2D eigenvalue weighted by Crippen LogP contribution is 2.19. The lowest BCUT2D eigenvalue weighted by atomic mass is 10.2. The van der Waals surface area contributed by atoms with Gasteiger partial charge in [-0.05, 0) is 19.8 Å². The van der Waals surface area contributed by atoms with Crippen molar-refractivity contribution >= 4 is 5.91 Å². The molecule has 0 aromatic carbocycles. The molecule has 1 amide bonds. The molecule has 2 fully saturated rings. The summed E-state index contributed by atoms with van der Waals surface area (Å²) in [6.07, 6.45) is 2.31. The third kappa shape index (κ3) is 3.93. The molecule has 1 N–H and O–H groups in total. The third-order valence-electron chi connectivity index (χ3n) is 3.87. The lowest BCUT2D eigenvalue weighted by molar-refractivity contribution is -0.126. The highest BCUT2D eigenvalue weighted by molar-refractivity contribution is 5.81. The van der Waals surface area contributed by atoms with Crippen LogP contribution >= 0.6 is 0 Å². The number of ether oxygens (including phenoxy) is 1. The Morgan fingerprint density at radius 3 is 2.56 bits per heavy atom. The first kappa shape index (κ1) is 13.8. The second-order valence-corrected chi connectivity index (χ2v) is 5.33. The maximum atomic E-state index is 12.0. The molecule has 0 bridgehead atoms. The molecule has 1 saturated carbocycles. The number of nitrogens with zero attached hydrogens (tertiary/aromatic N) is 2. The van der Waals surface area contributed by atoms with E-state index in [1.807, 2.05) is 6.92 Å². The van der Waals surface area contributed by atoms with E-state index in [9.17, 15) is 4.79 Å². The van der Waals surface area contributed by atoms with Crippen molar-refractivity contribution in [1.82, 2.24) is 15.1 Å². The number of hydrogen-bond donors (Lipinski definition) is 1. The number of methoxy groups -OCH3 is 1. The first-order chi connectivity index (χ1) is 8.70. The fourth-order valence-corrected chi connectivity index (χ4v) is 2.31. The average Bonchev–Trinajstić information content (AvgIpc) is 3.20. The van der Waals surface area contributed by atoms with E-state index in [2.05, 4.69) is 15.1 Å². The first-order valence-electron chi connectivity index (χ1n) is 6.96. The number of carbonyl (C=O) groups excluding carboxylic acids is 1. The van der Waals surface area contributed by atoms with Crippen molar-refractivity contribution in [2.75, 3.05) is 46.4 Å². The van der Waals surface area contributed by atoms with Crippen molar-refractivity contribution < 1.29 is 9.53 Å². The predicted molar refractivity (Wildman–Crippen MR) is 70.5 cm³/mol. The summed E-state index contributed by atoms with van der Waals surface area (Å²) < 4.78 is 5.09. The molecule has 2 aliphatic rings. The van der Waals surface area contributed by atoms with Gasteiger partial charge in [0.25, 0.3) is 0 Å². The smallest absolute Gasteiger partial charge is 0.237 e. The Morgan fingerprint density at radius 1 is 1.33 bits per heavy atom. The SMILES string of the molecule is COCCN1CCN(C(C)C(=O)NC2CC2)CC1. The van der Waals surface area contributed by atoms with Gasteiger partial charge in [0, 0.05) is 45.9 Å². The molecule has 1 unspecified atom stereocenters. The van der Waals surface area contributed by atoms with Crippen LogP contribution in [0.15, 0.2) is 0 Å². The summed E-state index contributed by atoms with van der Waals surface area (Å²) >= 11 is 0. The van der Waals surface area contributed by atoms with Crippen LogP contribution in [0.1, 0.15) is 19.8 Å². The summed E-state index contributed by atoms with van der Waals surface area (Å²) in [5, 5.41) is 3.08. The van der Waals surface area contributed by atoms with E-state index < -0.39 is 0 Å². The summed E-state index contributed by atoms with van der Waals surface area (Å²) in [5.74, 6) is 0.197. The van der Waals surface area contributed by atoms with Gasteiger partial charge in [0.15, 0.2) is 0 Å². The van der Waals surface area contributed by atoms with Crippen LogP contribution in [0, 0.1) is 0 Å². The second-order valence-electron chi connectivity index (χ2n) is 5.33. The molecular formula is C13H25N3O2. The molecular weight excluding hydrogens is 230 g/mol. The number of carbonyl (C=O) groups is 1. The first-order valence-corrected chi connectivity index (χ1v) is 6.96. The van der Waals surface area contributed by atoms with Gasteiger partial charge >= 0.3 is 0 Å². The third-order valence-corrected chi connectivity index (χ3v) is 3.87. The van der Waals surface area contributed by atoms with E-state index >= 15 is 0 Å². The van der Waals surface area contributed by atoms with Gasteiger partial charge in [0.1, 0.15) is 0 Å². The molecule has 1 saturated heterocycles. The topological polar surface area (TPSA) is 44.8 Å². The fraction of sp³-hybridized carbons (Fsp3) is 0.923. The quantitative estimate of drug-likeness (QED) is 0.721. The van der Waals surface area contributed by atoms with Crippen LogP contribution in [0.4, 0.5) is 0 Å². The summed E-state index contributed by atoms with van der Waals surface area (Å²) in [5.41, 5.74) is 0. The Labute approximate surface area is 109 Å². The van der Waals surface area contributed by atoms with Crippen molar-refractivity contribution in [1.29, 1.82) is 0 Å². The van der Waals surface area contributed by atoms with Gasteiger partial charge in [0.2, 0.25) is 5.91 Å². The minimum atomic E-state index is 0.00942. The zero-order valence-electron chi connectivity index (χ0n) is 11.5. The van der Waals surface area contributed by atoms with Gasteiger partial charge in [0.05, 0.1) is 12.6 Å². The zero-order valence-corrected chi connectivity index (χ0v) is 11.5. The van der Waals surface area contributed by atoms with Crippen LogP contribution in [-0.4, -0.2) is 74.2 Å². The van der Waals surface area contributed by atoms with Crippen LogP contribution in [-0.2, 0) is 9.53 Å². The van der Waals surface area contributed by atoms with Crippen molar-refractivity contribution in [2.45, 2.75) is 31.8 Å². The number of nitrogens with one attached hydrogen (secondary N) is 1. The Bertz CT molecular complexity index is 273. The minimum Gasteiger partial charge on any atom is -0.383 e. The maximum Gasteiger partial charge on any atom is 0.237 e. The van der Waals surface area contributed by atoms with Crippen molar-refractivity contribution in [3.63, 3.8) is 0 Å². The molecule has 1 atom stereocenters. The van der Waals surface area contributed by atoms with Crippen molar-refractivity contribution in [3.05, 3.63) is 0 Å². The fourth-order valence-electron chi connectivity index (χ4n) is 2.31. The number of amides is 1. The molecule has 1 aliphatic carbocycles. The highest BCUT2D eigenvalue weighted by atomic mass is 16.5. The van der Waals surface area contributed by atoms with Gasteiger partial charge in [-0.15, -0.1) is 0 Å². The Hall–Kier alpha value is -0.650. The van der Waals surface area contributed by atoms with Gasteiger partial charge in [-0.2, -0.15) is 0 Å². The van der Waals surface area contributed by atoms with Crippen LogP contribution in [0.25, 0.3) is 0 Å². The molecule has 2 rings (SSSR count). The van der Waals surface area contributed by atoms with Crippen molar-refractivity contribution in [3.8, 4) is 0 Å². The molecule has 0 aromatic rings. The predicted octanol–water partition coefficient (Wildman–Crippen LogP) is -0.0825. The summed E-state index contributed by atoms with van der Waals surface area (Å²) in [4.78, 5) is 16.6. The van der Waals surface area contributed by atoms with E-state index in [0.29, 0.717) is 6.04 Å². The Kier molecular flexibility index (Phi) is 4.97. The summed E-state index contributed by atoms with van der Waals surface area (Å²) in [7, 11) is 1.74. The van der Waals surface area contributed by atoms with E-state index in [1.165, 1.54) is 0 Å². The van der Waals surface area contributed by atoms with Crippen LogP contribution in [0.3, 0.4) is 0 Å². The summed E-state index contributed by atoms with van der Waals surface area (Å²) in [6.45, 7) is 7.81. The maximum absolute atomic E-state index is 12.0. The Morgan fingerprint density at radius 2 is 2.00 bits per heavy atom. The van der Waals surface area contributed by atoms with E-state index in [4.69, 9.17) is 4.74 Å². The molecule has 0 spiro atoms. The van der Waals surface area contributed by atoms with Gasteiger partial charge in [-0.1, -0.05) is 0 Å². The molecule has 5 heteroatoms. The number of rotatable bonds is 6. The molecule has 0 radical (unpaired) electrons. The van der Waals surface area contributed by atoms with Crippen LogP contribution in [0.2, 0.25) is 0 Å².